The molecule has 0 radical (unpaired) electrons. The normalized spacial score (nSPS) is 15.1. The minimum atomic E-state index is -0.452. The van der Waals surface area contributed by atoms with Gasteiger partial charge in [-0.15, -0.1) is 0 Å². The largest absolute Gasteiger partial charge is 0.368 e. The third-order valence-electron chi connectivity index (χ3n) is 5.68. The minimum Gasteiger partial charge on any atom is -0.368 e. The number of unbranched alkanes of at least 4 members (excludes halogenated alkanes) is 1. The van der Waals surface area contributed by atoms with Crippen molar-refractivity contribution in [1.29, 1.82) is 0 Å². The Morgan fingerprint density at radius 1 is 1.10 bits per heavy atom. The molecule has 1 saturated heterocycles. The van der Waals surface area contributed by atoms with Gasteiger partial charge < -0.3 is 15.2 Å². The summed E-state index contributed by atoms with van der Waals surface area (Å²) in [6.45, 7) is 10.1. The Hall–Kier alpha value is -2.05. The summed E-state index contributed by atoms with van der Waals surface area (Å²) in [4.78, 5) is 20.8. The standard InChI is InChI=1S/C22H32ClN5O/c1-3-17-8-7-9-19(20(17)23)27-14-12-26(13-15-27)10-5-6-11-28-16-18(4-2)25-22(28)21(24)29/h7-9,16H,3-6,10-15H2,1-2H3,(H2,24,29). The van der Waals surface area contributed by atoms with Crippen LogP contribution in [0.2, 0.25) is 5.02 Å². The summed E-state index contributed by atoms with van der Waals surface area (Å²) < 4.78 is 1.90. The Bertz CT molecular complexity index is 827. The van der Waals surface area contributed by atoms with Crippen LogP contribution in [0, 0.1) is 0 Å². The number of imidazole rings is 1. The molecule has 1 aromatic carbocycles. The summed E-state index contributed by atoms with van der Waals surface area (Å²) in [6.07, 6.45) is 5.81. The van der Waals surface area contributed by atoms with Crippen LogP contribution in [0.4, 0.5) is 5.69 Å². The molecule has 1 aliphatic heterocycles. The van der Waals surface area contributed by atoms with Crippen molar-refractivity contribution in [3.8, 4) is 0 Å². The fourth-order valence-corrected chi connectivity index (χ4v) is 4.30. The number of amides is 1. The number of carbonyl (C=O) groups is 1. The van der Waals surface area contributed by atoms with Gasteiger partial charge in [-0.2, -0.15) is 0 Å². The third kappa shape index (κ3) is 5.31. The highest BCUT2D eigenvalue weighted by Crippen LogP contribution is 2.30. The van der Waals surface area contributed by atoms with E-state index in [2.05, 4.69) is 39.9 Å². The first kappa shape index (κ1) is 21.7. The molecule has 2 heterocycles. The summed E-state index contributed by atoms with van der Waals surface area (Å²) >= 11 is 6.59. The van der Waals surface area contributed by atoms with E-state index in [0.29, 0.717) is 5.82 Å². The SMILES string of the molecule is CCc1cn(CCCCN2CCN(c3cccc(CC)c3Cl)CC2)c(C(N)=O)n1. The lowest BCUT2D eigenvalue weighted by atomic mass is 10.1. The maximum absolute atomic E-state index is 11.6. The van der Waals surface area contributed by atoms with E-state index in [4.69, 9.17) is 17.3 Å². The third-order valence-corrected chi connectivity index (χ3v) is 6.12. The van der Waals surface area contributed by atoms with Gasteiger partial charge in [-0.1, -0.05) is 37.6 Å². The number of hydrogen-bond acceptors (Lipinski definition) is 4. The van der Waals surface area contributed by atoms with Crippen molar-refractivity contribution in [2.24, 2.45) is 5.73 Å². The van der Waals surface area contributed by atoms with E-state index in [9.17, 15) is 4.79 Å². The number of hydrogen-bond donors (Lipinski definition) is 1. The van der Waals surface area contributed by atoms with Gasteiger partial charge in [-0.25, -0.2) is 4.98 Å². The lowest BCUT2D eigenvalue weighted by Crippen LogP contribution is -2.46. The van der Waals surface area contributed by atoms with Gasteiger partial charge in [0.1, 0.15) is 0 Å². The molecule has 0 saturated carbocycles. The second-order valence-electron chi connectivity index (χ2n) is 7.61. The lowest BCUT2D eigenvalue weighted by Gasteiger charge is -2.36. The smallest absolute Gasteiger partial charge is 0.284 e. The minimum absolute atomic E-state index is 0.377. The molecule has 3 rings (SSSR count). The lowest BCUT2D eigenvalue weighted by molar-refractivity contribution is 0.0986. The molecule has 0 spiro atoms. The number of nitrogens with zero attached hydrogens (tertiary/aromatic N) is 4. The van der Waals surface area contributed by atoms with E-state index in [1.807, 2.05) is 17.7 Å². The van der Waals surface area contributed by atoms with Crippen LogP contribution >= 0.6 is 11.6 Å². The van der Waals surface area contributed by atoms with Crippen LogP contribution in [0.15, 0.2) is 24.4 Å². The van der Waals surface area contributed by atoms with Gasteiger partial charge in [-0.05, 0) is 43.9 Å². The number of halogens is 1. The molecule has 1 amide bonds. The molecular formula is C22H32ClN5O. The van der Waals surface area contributed by atoms with Crippen molar-refractivity contribution in [2.75, 3.05) is 37.6 Å². The second-order valence-corrected chi connectivity index (χ2v) is 7.98. The first-order valence-corrected chi connectivity index (χ1v) is 11.0. The Labute approximate surface area is 178 Å². The van der Waals surface area contributed by atoms with Crippen molar-refractivity contribution < 1.29 is 4.79 Å². The van der Waals surface area contributed by atoms with E-state index in [-0.39, 0.29) is 0 Å². The first-order valence-electron chi connectivity index (χ1n) is 10.6. The van der Waals surface area contributed by atoms with E-state index in [1.54, 1.807) is 0 Å². The van der Waals surface area contributed by atoms with Gasteiger partial charge in [0.15, 0.2) is 5.82 Å². The van der Waals surface area contributed by atoms with Crippen LogP contribution in [0.1, 0.15) is 48.6 Å². The van der Waals surface area contributed by atoms with Gasteiger partial charge in [0, 0.05) is 38.9 Å². The predicted molar refractivity (Wildman–Crippen MR) is 119 cm³/mol. The number of piperazine rings is 1. The molecule has 1 aromatic heterocycles. The highest BCUT2D eigenvalue weighted by molar-refractivity contribution is 6.34. The van der Waals surface area contributed by atoms with Crippen LogP contribution in [-0.2, 0) is 19.4 Å². The molecule has 0 atom stereocenters. The van der Waals surface area contributed by atoms with Gasteiger partial charge >= 0.3 is 0 Å². The molecule has 2 N–H and O–H groups in total. The van der Waals surface area contributed by atoms with Crippen molar-refractivity contribution in [2.45, 2.75) is 46.1 Å². The summed E-state index contributed by atoms with van der Waals surface area (Å²) in [5, 5.41) is 0.903. The molecule has 1 fully saturated rings. The number of primary amides is 1. The summed E-state index contributed by atoms with van der Waals surface area (Å²) in [5.74, 6) is -0.0757. The summed E-state index contributed by atoms with van der Waals surface area (Å²) in [5.41, 5.74) is 8.75. The number of carbonyl (C=O) groups excluding carboxylic acids is 1. The molecule has 158 valence electrons. The van der Waals surface area contributed by atoms with E-state index in [0.717, 1.165) is 81.4 Å². The zero-order valence-corrected chi connectivity index (χ0v) is 18.3. The Kier molecular flexibility index (Phi) is 7.56. The molecular weight excluding hydrogens is 386 g/mol. The van der Waals surface area contributed by atoms with Gasteiger partial charge in [0.25, 0.3) is 5.91 Å². The van der Waals surface area contributed by atoms with Crippen molar-refractivity contribution in [3.05, 3.63) is 46.5 Å². The second kappa shape index (κ2) is 10.1. The number of rotatable bonds is 9. The van der Waals surface area contributed by atoms with Crippen molar-refractivity contribution >= 4 is 23.2 Å². The quantitative estimate of drug-likeness (QED) is 0.635. The van der Waals surface area contributed by atoms with Crippen LogP contribution < -0.4 is 10.6 Å². The Balaban J connectivity index is 1.44. The monoisotopic (exact) mass is 417 g/mol. The molecule has 0 bridgehead atoms. The van der Waals surface area contributed by atoms with Crippen LogP contribution in [0.3, 0.4) is 0 Å². The van der Waals surface area contributed by atoms with Crippen molar-refractivity contribution in [1.82, 2.24) is 14.5 Å². The topological polar surface area (TPSA) is 67.4 Å². The molecule has 6 nitrogen and oxygen atoms in total. The van der Waals surface area contributed by atoms with Gasteiger partial charge in [0.2, 0.25) is 0 Å². The van der Waals surface area contributed by atoms with Gasteiger partial charge in [0.05, 0.1) is 16.4 Å². The number of benzene rings is 1. The molecule has 0 aliphatic carbocycles. The van der Waals surface area contributed by atoms with Gasteiger partial charge in [-0.3, -0.25) is 9.69 Å². The molecule has 2 aromatic rings. The zero-order valence-electron chi connectivity index (χ0n) is 17.5. The average Bonchev–Trinajstić information content (AvgIpc) is 3.16. The maximum atomic E-state index is 11.6. The fraction of sp³-hybridized carbons (Fsp3) is 0.545. The molecule has 29 heavy (non-hydrogen) atoms. The van der Waals surface area contributed by atoms with E-state index < -0.39 is 5.91 Å². The summed E-state index contributed by atoms with van der Waals surface area (Å²) in [6, 6.07) is 6.34. The maximum Gasteiger partial charge on any atom is 0.284 e. The average molecular weight is 418 g/mol. The Morgan fingerprint density at radius 2 is 1.83 bits per heavy atom. The zero-order chi connectivity index (χ0) is 20.8. The van der Waals surface area contributed by atoms with Crippen LogP contribution in [0.25, 0.3) is 0 Å². The van der Waals surface area contributed by atoms with E-state index >= 15 is 0 Å². The van der Waals surface area contributed by atoms with Crippen LogP contribution in [0.5, 0.6) is 0 Å². The number of aromatic nitrogens is 2. The van der Waals surface area contributed by atoms with Crippen LogP contribution in [-0.4, -0.2) is 53.1 Å². The number of anilines is 1. The summed E-state index contributed by atoms with van der Waals surface area (Å²) in [7, 11) is 0. The highest BCUT2D eigenvalue weighted by Gasteiger charge is 2.19. The first-order chi connectivity index (χ1) is 14.0. The molecule has 1 aliphatic rings. The number of nitrogens with two attached hydrogens (primary N) is 1. The molecule has 7 heteroatoms. The van der Waals surface area contributed by atoms with Crippen molar-refractivity contribution in [3.63, 3.8) is 0 Å². The fourth-order valence-electron chi connectivity index (χ4n) is 3.92. The highest BCUT2D eigenvalue weighted by atomic mass is 35.5. The number of aryl methyl sites for hydroxylation is 3. The Morgan fingerprint density at radius 3 is 2.48 bits per heavy atom. The predicted octanol–water partition coefficient (Wildman–Crippen LogP) is 3.36. The van der Waals surface area contributed by atoms with E-state index in [1.165, 1.54) is 5.56 Å². The molecule has 0 unspecified atom stereocenters.